The molecule has 3 aliphatic rings. The Bertz CT molecular complexity index is 517. The Morgan fingerprint density at radius 3 is 2.90 bits per heavy atom. The van der Waals surface area contributed by atoms with Gasteiger partial charge in [0.05, 0.1) is 0 Å². The van der Waals surface area contributed by atoms with E-state index in [0.29, 0.717) is 23.7 Å². The van der Waals surface area contributed by atoms with E-state index in [1.165, 1.54) is 30.4 Å². The van der Waals surface area contributed by atoms with Crippen LogP contribution in [0.3, 0.4) is 0 Å². The molecule has 1 aliphatic heterocycles. The van der Waals surface area contributed by atoms with Crippen molar-refractivity contribution in [3.63, 3.8) is 0 Å². The monoisotopic (exact) mass is 270 g/mol. The number of benzene rings is 1. The van der Waals surface area contributed by atoms with Gasteiger partial charge in [0.1, 0.15) is 0 Å². The van der Waals surface area contributed by atoms with E-state index in [0.717, 1.165) is 19.5 Å². The fourth-order valence-electron chi connectivity index (χ4n) is 4.31. The van der Waals surface area contributed by atoms with E-state index in [2.05, 4.69) is 34.9 Å². The lowest BCUT2D eigenvalue weighted by Crippen LogP contribution is -2.39. The predicted molar refractivity (Wildman–Crippen MR) is 78.2 cm³/mol. The second-order valence-electron chi connectivity index (χ2n) is 6.49. The first-order chi connectivity index (χ1) is 9.84. The highest BCUT2D eigenvalue weighted by Crippen LogP contribution is 2.57. The van der Waals surface area contributed by atoms with Crippen molar-refractivity contribution in [3.05, 3.63) is 35.4 Å². The van der Waals surface area contributed by atoms with Crippen LogP contribution in [0.5, 0.6) is 0 Å². The van der Waals surface area contributed by atoms with Crippen molar-refractivity contribution in [2.75, 3.05) is 13.1 Å². The first-order valence-electron chi connectivity index (χ1n) is 7.93. The largest absolute Gasteiger partial charge is 0.354 e. The van der Waals surface area contributed by atoms with Crippen LogP contribution in [0.4, 0.5) is 0 Å². The average Bonchev–Trinajstić information content (AvgIpc) is 2.97. The van der Waals surface area contributed by atoms with Gasteiger partial charge in [-0.1, -0.05) is 30.7 Å². The van der Waals surface area contributed by atoms with Gasteiger partial charge in [0.25, 0.3) is 0 Å². The lowest BCUT2D eigenvalue weighted by molar-refractivity contribution is -0.123. The third-order valence-corrected chi connectivity index (χ3v) is 5.41. The Balaban J connectivity index is 1.37. The van der Waals surface area contributed by atoms with Crippen molar-refractivity contribution < 1.29 is 4.79 Å². The van der Waals surface area contributed by atoms with Crippen molar-refractivity contribution in [3.8, 4) is 0 Å². The van der Waals surface area contributed by atoms with E-state index in [9.17, 15) is 4.79 Å². The van der Waals surface area contributed by atoms with Crippen LogP contribution >= 0.6 is 0 Å². The summed E-state index contributed by atoms with van der Waals surface area (Å²) < 4.78 is 0. The second kappa shape index (κ2) is 4.88. The minimum atomic E-state index is 0.280. The maximum Gasteiger partial charge on any atom is 0.223 e. The average molecular weight is 270 g/mol. The number of fused-ring (bicyclic) bond motifs is 2. The van der Waals surface area contributed by atoms with Gasteiger partial charge in [-0.2, -0.15) is 0 Å². The van der Waals surface area contributed by atoms with Crippen LogP contribution in [0.1, 0.15) is 36.4 Å². The molecular weight excluding hydrogens is 248 g/mol. The zero-order chi connectivity index (χ0) is 13.5. The molecule has 0 saturated heterocycles. The summed E-state index contributed by atoms with van der Waals surface area (Å²) in [7, 11) is 0. The molecule has 1 amide bonds. The summed E-state index contributed by atoms with van der Waals surface area (Å²) in [5, 5.41) is 6.71. The van der Waals surface area contributed by atoms with E-state index in [-0.39, 0.29) is 6.04 Å². The summed E-state index contributed by atoms with van der Waals surface area (Å²) in [4.78, 5) is 12.2. The zero-order valence-corrected chi connectivity index (χ0v) is 11.8. The highest BCUT2D eigenvalue weighted by Gasteiger charge is 2.56. The number of hydrogen-bond donors (Lipinski definition) is 2. The summed E-state index contributed by atoms with van der Waals surface area (Å²) in [5.74, 6) is 2.05. The fraction of sp³-hybridized carbons (Fsp3) is 0.588. The van der Waals surface area contributed by atoms with Gasteiger partial charge in [-0.25, -0.2) is 0 Å². The maximum absolute atomic E-state index is 12.2. The molecule has 0 aromatic heterocycles. The molecule has 4 rings (SSSR count). The van der Waals surface area contributed by atoms with Gasteiger partial charge in [0.2, 0.25) is 5.91 Å². The Morgan fingerprint density at radius 2 is 2.05 bits per heavy atom. The molecule has 1 aromatic rings. The smallest absolute Gasteiger partial charge is 0.223 e. The molecule has 3 unspecified atom stereocenters. The molecule has 2 aliphatic carbocycles. The number of rotatable bonds is 3. The lowest BCUT2D eigenvalue weighted by atomic mass is 9.94. The van der Waals surface area contributed by atoms with Crippen LogP contribution in [0.2, 0.25) is 0 Å². The molecule has 2 saturated carbocycles. The molecular formula is C17H22N2O. The second-order valence-corrected chi connectivity index (χ2v) is 6.49. The van der Waals surface area contributed by atoms with E-state index in [1.54, 1.807) is 0 Å². The highest BCUT2D eigenvalue weighted by atomic mass is 16.2. The van der Waals surface area contributed by atoms with Crippen molar-refractivity contribution >= 4 is 5.91 Å². The Hall–Kier alpha value is -1.35. The van der Waals surface area contributed by atoms with E-state index >= 15 is 0 Å². The minimum Gasteiger partial charge on any atom is -0.354 e. The molecule has 1 aromatic carbocycles. The predicted octanol–water partition coefficient (Wildman–Crippen LogP) is 2.04. The number of carbonyl (C=O) groups is 1. The van der Waals surface area contributed by atoms with E-state index in [4.69, 9.17) is 0 Å². The van der Waals surface area contributed by atoms with Crippen molar-refractivity contribution in [1.29, 1.82) is 0 Å². The van der Waals surface area contributed by atoms with Crippen LogP contribution < -0.4 is 10.6 Å². The summed E-state index contributed by atoms with van der Waals surface area (Å²) in [6.07, 6.45) is 4.96. The summed E-state index contributed by atoms with van der Waals surface area (Å²) >= 11 is 0. The molecule has 1 heterocycles. The van der Waals surface area contributed by atoms with Crippen LogP contribution in [0.25, 0.3) is 0 Å². The summed E-state index contributed by atoms with van der Waals surface area (Å²) in [6.45, 7) is 1.73. The third kappa shape index (κ3) is 2.05. The third-order valence-electron chi connectivity index (χ3n) is 5.41. The molecule has 0 radical (unpaired) electrons. The topological polar surface area (TPSA) is 41.1 Å². The van der Waals surface area contributed by atoms with Crippen molar-refractivity contribution in [2.45, 2.75) is 31.7 Å². The van der Waals surface area contributed by atoms with Crippen LogP contribution in [-0.4, -0.2) is 19.0 Å². The number of nitrogens with one attached hydrogen (secondary N) is 2. The molecule has 3 nitrogen and oxygen atoms in total. The van der Waals surface area contributed by atoms with Gasteiger partial charge < -0.3 is 10.6 Å². The van der Waals surface area contributed by atoms with Gasteiger partial charge in [-0.05, 0) is 48.8 Å². The summed E-state index contributed by atoms with van der Waals surface area (Å²) in [5.41, 5.74) is 2.78. The van der Waals surface area contributed by atoms with Gasteiger partial charge in [-0.3, -0.25) is 4.79 Å². The normalized spacial score (nSPS) is 34.2. The van der Waals surface area contributed by atoms with E-state index in [1.807, 2.05) is 0 Å². The zero-order valence-electron chi connectivity index (χ0n) is 11.8. The van der Waals surface area contributed by atoms with Crippen LogP contribution in [-0.2, 0) is 11.2 Å². The van der Waals surface area contributed by atoms with Gasteiger partial charge in [0, 0.05) is 18.5 Å². The quantitative estimate of drug-likeness (QED) is 0.882. The Labute approximate surface area is 120 Å². The lowest BCUT2D eigenvalue weighted by Gasteiger charge is -2.27. The van der Waals surface area contributed by atoms with Gasteiger partial charge in [-0.15, -0.1) is 0 Å². The highest BCUT2D eigenvalue weighted by molar-refractivity contribution is 5.82. The maximum atomic E-state index is 12.2. The molecule has 3 heteroatoms. The van der Waals surface area contributed by atoms with Gasteiger partial charge >= 0.3 is 0 Å². The molecule has 106 valence electrons. The van der Waals surface area contributed by atoms with E-state index < -0.39 is 0 Å². The number of carbonyl (C=O) groups excluding carboxylic acids is 1. The molecule has 2 fully saturated rings. The number of amides is 1. The molecule has 0 spiro atoms. The van der Waals surface area contributed by atoms with Crippen molar-refractivity contribution in [1.82, 2.24) is 10.6 Å². The fourth-order valence-corrected chi connectivity index (χ4v) is 4.31. The first-order valence-corrected chi connectivity index (χ1v) is 7.93. The summed E-state index contributed by atoms with van der Waals surface area (Å²) in [6, 6.07) is 8.86. The SMILES string of the molecule is O=C(NCC1NCCc2ccccc21)C1C2CCCC21. The minimum absolute atomic E-state index is 0.280. The standard InChI is InChI=1S/C17H22N2O/c20-17(16-13-6-3-7-14(13)16)19-10-15-12-5-2-1-4-11(12)8-9-18-15/h1-2,4-5,13-16,18H,3,6-10H2,(H,19,20). The molecule has 20 heavy (non-hydrogen) atoms. The molecule has 3 atom stereocenters. The Kier molecular flexibility index (Phi) is 3.03. The van der Waals surface area contributed by atoms with Crippen LogP contribution in [0, 0.1) is 17.8 Å². The number of hydrogen-bond acceptors (Lipinski definition) is 2. The molecule has 0 bridgehead atoms. The Morgan fingerprint density at radius 1 is 1.25 bits per heavy atom. The van der Waals surface area contributed by atoms with Gasteiger partial charge in [0.15, 0.2) is 0 Å². The van der Waals surface area contributed by atoms with Crippen molar-refractivity contribution in [2.24, 2.45) is 17.8 Å². The first kappa shape index (κ1) is 12.4. The molecule has 2 N–H and O–H groups in total. The van der Waals surface area contributed by atoms with Crippen LogP contribution in [0.15, 0.2) is 24.3 Å².